The summed E-state index contributed by atoms with van der Waals surface area (Å²) >= 11 is 0. The van der Waals surface area contributed by atoms with Gasteiger partial charge in [0.15, 0.2) is 0 Å². The van der Waals surface area contributed by atoms with Crippen molar-refractivity contribution in [3.8, 4) is 0 Å². The summed E-state index contributed by atoms with van der Waals surface area (Å²) in [5.41, 5.74) is 0. The van der Waals surface area contributed by atoms with Gasteiger partial charge in [0.2, 0.25) is 0 Å². The summed E-state index contributed by atoms with van der Waals surface area (Å²) in [6, 6.07) is 0.385. The van der Waals surface area contributed by atoms with Crippen LogP contribution < -0.4 is 0 Å². The normalized spacial score (nSPS) is 24.1. The van der Waals surface area contributed by atoms with Crippen LogP contribution in [-0.2, 0) is 4.74 Å². The molecule has 0 aliphatic carbocycles. The zero-order valence-electron chi connectivity index (χ0n) is 9.57. The average molecular weight is 198 g/mol. The standard InChI is InChI=1S/C11H22N2O/c1-10(2)12-5-7-14-9-11-4-6-13(3)8-11/h5,10-11H,4,6-9H2,1-3H3/b12-5-. The summed E-state index contributed by atoms with van der Waals surface area (Å²) in [4.78, 5) is 6.60. The second-order valence-electron chi connectivity index (χ2n) is 4.38. The van der Waals surface area contributed by atoms with Gasteiger partial charge in [0.05, 0.1) is 13.2 Å². The lowest BCUT2D eigenvalue weighted by Crippen LogP contribution is -2.17. The molecule has 82 valence electrons. The number of rotatable bonds is 5. The quantitative estimate of drug-likeness (QED) is 0.493. The van der Waals surface area contributed by atoms with Crippen LogP contribution in [0.15, 0.2) is 4.99 Å². The third-order valence-corrected chi connectivity index (χ3v) is 2.44. The second-order valence-corrected chi connectivity index (χ2v) is 4.38. The smallest absolute Gasteiger partial charge is 0.0814 e. The molecule has 3 heteroatoms. The van der Waals surface area contributed by atoms with Gasteiger partial charge in [-0.05, 0) is 39.8 Å². The largest absolute Gasteiger partial charge is 0.375 e. The predicted octanol–water partition coefficient (Wildman–Crippen LogP) is 1.43. The van der Waals surface area contributed by atoms with Gasteiger partial charge in [-0.2, -0.15) is 0 Å². The fourth-order valence-electron chi connectivity index (χ4n) is 1.70. The van der Waals surface area contributed by atoms with E-state index < -0.39 is 0 Å². The molecule has 0 aromatic heterocycles. The van der Waals surface area contributed by atoms with Gasteiger partial charge in [-0.15, -0.1) is 0 Å². The first kappa shape index (κ1) is 11.7. The summed E-state index contributed by atoms with van der Waals surface area (Å²) in [5.74, 6) is 0.729. The van der Waals surface area contributed by atoms with Crippen LogP contribution in [0.4, 0.5) is 0 Å². The molecule has 1 atom stereocenters. The van der Waals surface area contributed by atoms with E-state index in [0.29, 0.717) is 12.6 Å². The van der Waals surface area contributed by atoms with Crippen LogP contribution in [0.1, 0.15) is 20.3 Å². The first-order valence-electron chi connectivity index (χ1n) is 5.46. The molecule has 0 spiro atoms. The fraction of sp³-hybridized carbons (Fsp3) is 0.909. The Morgan fingerprint density at radius 2 is 2.36 bits per heavy atom. The lowest BCUT2D eigenvalue weighted by Gasteiger charge is -2.09. The molecule has 1 aliphatic heterocycles. The molecule has 0 amide bonds. The Morgan fingerprint density at radius 3 is 2.93 bits per heavy atom. The zero-order chi connectivity index (χ0) is 10.4. The number of hydrogen-bond donors (Lipinski definition) is 0. The highest BCUT2D eigenvalue weighted by Crippen LogP contribution is 2.13. The minimum Gasteiger partial charge on any atom is -0.375 e. The van der Waals surface area contributed by atoms with Crippen molar-refractivity contribution in [3.05, 3.63) is 0 Å². The Bertz CT molecular complexity index is 180. The highest BCUT2D eigenvalue weighted by molar-refractivity contribution is 5.58. The molecule has 0 aromatic carbocycles. The molecule has 3 nitrogen and oxygen atoms in total. The van der Waals surface area contributed by atoms with Crippen LogP contribution in [-0.4, -0.2) is 50.5 Å². The van der Waals surface area contributed by atoms with Crippen molar-refractivity contribution in [1.82, 2.24) is 4.90 Å². The molecule has 0 radical (unpaired) electrons. The fourth-order valence-corrected chi connectivity index (χ4v) is 1.70. The second kappa shape index (κ2) is 6.14. The van der Waals surface area contributed by atoms with Crippen molar-refractivity contribution in [2.45, 2.75) is 26.3 Å². The Kier molecular flexibility index (Phi) is 5.12. The predicted molar refractivity (Wildman–Crippen MR) is 60.1 cm³/mol. The molecule has 0 saturated carbocycles. The molecule has 1 fully saturated rings. The molecule has 14 heavy (non-hydrogen) atoms. The molecule has 0 N–H and O–H groups in total. The van der Waals surface area contributed by atoms with Crippen molar-refractivity contribution in [3.63, 3.8) is 0 Å². The van der Waals surface area contributed by atoms with Crippen LogP contribution in [0.5, 0.6) is 0 Å². The van der Waals surface area contributed by atoms with E-state index in [1.165, 1.54) is 19.5 Å². The lowest BCUT2D eigenvalue weighted by molar-refractivity contribution is 0.135. The average Bonchev–Trinajstić information content (AvgIpc) is 2.50. The van der Waals surface area contributed by atoms with Crippen LogP contribution in [0, 0.1) is 5.92 Å². The SMILES string of the molecule is CC(C)/N=C\COCC1CCN(C)C1. The number of ether oxygens (including phenoxy) is 1. The summed E-state index contributed by atoms with van der Waals surface area (Å²) in [6.45, 7) is 8.09. The zero-order valence-corrected chi connectivity index (χ0v) is 9.57. The third kappa shape index (κ3) is 4.72. The lowest BCUT2D eigenvalue weighted by atomic mass is 10.1. The summed E-state index contributed by atoms with van der Waals surface area (Å²) < 4.78 is 5.54. The number of aliphatic imine (C=N–C) groups is 1. The Labute approximate surface area is 87.2 Å². The molecule has 0 aromatic rings. The maximum absolute atomic E-state index is 5.54. The summed E-state index contributed by atoms with van der Waals surface area (Å²) in [5, 5.41) is 0. The molecule has 0 bridgehead atoms. The first-order valence-corrected chi connectivity index (χ1v) is 5.46. The molecule has 1 saturated heterocycles. The highest BCUT2D eigenvalue weighted by Gasteiger charge is 2.18. The number of likely N-dealkylation sites (tertiary alicyclic amines) is 1. The molecular weight excluding hydrogens is 176 g/mol. The van der Waals surface area contributed by atoms with Crippen molar-refractivity contribution in [2.24, 2.45) is 10.9 Å². The van der Waals surface area contributed by atoms with E-state index in [1.54, 1.807) is 0 Å². The van der Waals surface area contributed by atoms with Crippen LogP contribution in [0.25, 0.3) is 0 Å². The van der Waals surface area contributed by atoms with Gasteiger partial charge in [0.25, 0.3) is 0 Å². The summed E-state index contributed by atoms with van der Waals surface area (Å²) in [6.07, 6.45) is 3.15. The van der Waals surface area contributed by atoms with Gasteiger partial charge in [0, 0.05) is 18.8 Å². The van der Waals surface area contributed by atoms with E-state index in [9.17, 15) is 0 Å². The summed E-state index contributed by atoms with van der Waals surface area (Å²) in [7, 11) is 2.17. The van der Waals surface area contributed by atoms with Gasteiger partial charge in [-0.1, -0.05) is 0 Å². The van der Waals surface area contributed by atoms with Crippen LogP contribution >= 0.6 is 0 Å². The van der Waals surface area contributed by atoms with E-state index in [1.807, 2.05) is 6.21 Å². The van der Waals surface area contributed by atoms with Gasteiger partial charge >= 0.3 is 0 Å². The maximum atomic E-state index is 5.54. The highest BCUT2D eigenvalue weighted by atomic mass is 16.5. The van der Waals surface area contributed by atoms with Gasteiger partial charge in [-0.25, -0.2) is 0 Å². The Morgan fingerprint density at radius 1 is 1.57 bits per heavy atom. The van der Waals surface area contributed by atoms with Crippen molar-refractivity contribution >= 4 is 6.21 Å². The first-order chi connectivity index (χ1) is 6.68. The van der Waals surface area contributed by atoms with E-state index >= 15 is 0 Å². The van der Waals surface area contributed by atoms with Crippen molar-refractivity contribution in [2.75, 3.05) is 33.4 Å². The monoisotopic (exact) mass is 198 g/mol. The number of nitrogens with zero attached hydrogens (tertiary/aromatic N) is 2. The van der Waals surface area contributed by atoms with Crippen LogP contribution in [0.2, 0.25) is 0 Å². The minimum atomic E-state index is 0.385. The topological polar surface area (TPSA) is 24.8 Å². The molecule has 1 heterocycles. The van der Waals surface area contributed by atoms with Gasteiger partial charge in [0.1, 0.15) is 0 Å². The van der Waals surface area contributed by atoms with E-state index in [-0.39, 0.29) is 0 Å². The van der Waals surface area contributed by atoms with Crippen molar-refractivity contribution in [1.29, 1.82) is 0 Å². The number of hydrogen-bond acceptors (Lipinski definition) is 3. The van der Waals surface area contributed by atoms with E-state index in [4.69, 9.17) is 4.74 Å². The minimum absolute atomic E-state index is 0.385. The molecule has 1 unspecified atom stereocenters. The van der Waals surface area contributed by atoms with Gasteiger partial charge in [-0.3, -0.25) is 4.99 Å². The van der Waals surface area contributed by atoms with Gasteiger partial charge < -0.3 is 9.64 Å². The maximum Gasteiger partial charge on any atom is 0.0814 e. The van der Waals surface area contributed by atoms with Crippen molar-refractivity contribution < 1.29 is 4.74 Å². The Hall–Kier alpha value is -0.410. The molecule has 1 rings (SSSR count). The third-order valence-electron chi connectivity index (χ3n) is 2.44. The van der Waals surface area contributed by atoms with E-state index in [0.717, 1.165) is 12.5 Å². The van der Waals surface area contributed by atoms with Crippen LogP contribution in [0.3, 0.4) is 0 Å². The van der Waals surface area contributed by atoms with E-state index in [2.05, 4.69) is 30.8 Å². The Balaban J connectivity index is 1.99. The molecular formula is C11H22N2O. The molecule has 1 aliphatic rings.